The van der Waals surface area contributed by atoms with Gasteiger partial charge in [-0.25, -0.2) is 0 Å². The molecule has 1 aromatic carbocycles. The summed E-state index contributed by atoms with van der Waals surface area (Å²) in [6.45, 7) is 8.94. The Kier molecular flexibility index (Phi) is 6.17. The fourth-order valence-electron chi connectivity index (χ4n) is 4.16. The molecule has 0 aliphatic carbocycles. The Hall–Kier alpha value is -2.86. The molecule has 2 N–H and O–H groups in total. The van der Waals surface area contributed by atoms with E-state index in [0.717, 1.165) is 41.0 Å². The summed E-state index contributed by atoms with van der Waals surface area (Å²) in [5.41, 5.74) is 5.29. The van der Waals surface area contributed by atoms with Crippen molar-refractivity contribution < 1.29 is 14.7 Å². The molecule has 1 saturated heterocycles. The van der Waals surface area contributed by atoms with Crippen molar-refractivity contribution in [2.24, 2.45) is 0 Å². The summed E-state index contributed by atoms with van der Waals surface area (Å²) in [5, 5.41) is 11.3. The minimum Gasteiger partial charge on any atom is -0.507 e. The van der Waals surface area contributed by atoms with Gasteiger partial charge in [0.15, 0.2) is 0 Å². The molecule has 0 radical (unpaired) electrons. The lowest BCUT2D eigenvalue weighted by Gasteiger charge is -2.26. The number of amides is 1. The molecule has 1 unspecified atom stereocenters. The van der Waals surface area contributed by atoms with Gasteiger partial charge in [0.05, 0.1) is 11.6 Å². The Morgan fingerprint density at radius 1 is 1.07 bits per heavy atom. The normalized spacial score (nSPS) is 18.6. The average molecular weight is 410 g/mol. The third-order valence-electron chi connectivity index (χ3n) is 5.86. The maximum absolute atomic E-state index is 13.1. The zero-order valence-electron chi connectivity index (χ0n) is 18.7. The molecule has 1 atom stereocenters. The van der Waals surface area contributed by atoms with Crippen LogP contribution in [0.2, 0.25) is 0 Å². The number of aliphatic hydroxyl groups excluding tert-OH is 1. The molecule has 3 rings (SSSR count). The van der Waals surface area contributed by atoms with Crippen molar-refractivity contribution in [2.45, 2.75) is 40.2 Å². The summed E-state index contributed by atoms with van der Waals surface area (Å²) in [6, 6.07) is 7.19. The maximum Gasteiger partial charge on any atom is 0.295 e. The molecule has 1 amide bonds. The van der Waals surface area contributed by atoms with Gasteiger partial charge in [0.25, 0.3) is 11.7 Å². The molecule has 0 saturated carbocycles. The number of nitrogens with zero attached hydrogens (tertiary/aromatic N) is 2. The van der Waals surface area contributed by atoms with Gasteiger partial charge in [0.1, 0.15) is 5.76 Å². The first-order valence-electron chi connectivity index (χ1n) is 10.3. The van der Waals surface area contributed by atoms with Gasteiger partial charge in [0.2, 0.25) is 0 Å². The van der Waals surface area contributed by atoms with Gasteiger partial charge < -0.3 is 19.9 Å². The number of hydrogen-bond acceptors (Lipinski definition) is 4. The third-order valence-corrected chi connectivity index (χ3v) is 5.86. The predicted molar refractivity (Wildman–Crippen MR) is 118 cm³/mol. The second-order valence-electron chi connectivity index (χ2n) is 8.44. The Morgan fingerprint density at radius 2 is 1.70 bits per heavy atom. The molecule has 6 heteroatoms. The number of nitrogens with one attached hydrogen (secondary N) is 1. The van der Waals surface area contributed by atoms with Crippen LogP contribution >= 0.6 is 0 Å². The first-order chi connectivity index (χ1) is 14.1. The fraction of sp³-hybridized carbons (Fsp3) is 0.417. The van der Waals surface area contributed by atoms with Crippen LogP contribution < -0.4 is 0 Å². The van der Waals surface area contributed by atoms with E-state index >= 15 is 0 Å². The summed E-state index contributed by atoms with van der Waals surface area (Å²) >= 11 is 0. The minimum atomic E-state index is -0.624. The van der Waals surface area contributed by atoms with Gasteiger partial charge in [0, 0.05) is 23.5 Å². The zero-order chi connectivity index (χ0) is 22.2. The SMILES string of the molecule is Cc1ccc(C2/C(=C(\O)c3c(C)[nH]c(C)c3C)C(=O)C(=O)N2CCCN(C)C)cc1. The Balaban J connectivity index is 2.14. The lowest BCUT2D eigenvalue weighted by molar-refractivity contribution is -0.139. The number of H-pyrrole nitrogens is 1. The van der Waals surface area contributed by atoms with Crippen molar-refractivity contribution in [1.29, 1.82) is 0 Å². The number of Topliss-reactive ketones (excluding diaryl/α,β-unsaturated/α-hetero) is 1. The quantitative estimate of drug-likeness (QED) is 0.434. The number of hydrogen-bond donors (Lipinski definition) is 2. The lowest BCUT2D eigenvalue weighted by Crippen LogP contribution is -2.32. The van der Waals surface area contributed by atoms with Gasteiger partial charge in [-0.1, -0.05) is 29.8 Å². The van der Waals surface area contributed by atoms with Gasteiger partial charge in [-0.15, -0.1) is 0 Å². The van der Waals surface area contributed by atoms with E-state index in [2.05, 4.69) is 4.98 Å². The van der Waals surface area contributed by atoms with Crippen LogP contribution in [0.15, 0.2) is 29.8 Å². The lowest BCUT2D eigenvalue weighted by atomic mass is 9.93. The van der Waals surface area contributed by atoms with Crippen LogP contribution in [0, 0.1) is 27.7 Å². The first-order valence-corrected chi connectivity index (χ1v) is 10.3. The molecule has 0 bridgehead atoms. The van der Waals surface area contributed by atoms with Crippen LogP contribution in [-0.2, 0) is 9.59 Å². The monoisotopic (exact) mass is 409 g/mol. The molecule has 1 aliphatic heterocycles. The molecule has 2 heterocycles. The minimum absolute atomic E-state index is 0.103. The summed E-state index contributed by atoms with van der Waals surface area (Å²) in [4.78, 5) is 32.9. The Labute approximate surface area is 178 Å². The molecular formula is C24H31N3O3. The number of benzene rings is 1. The highest BCUT2D eigenvalue weighted by atomic mass is 16.3. The average Bonchev–Trinajstić information content (AvgIpc) is 3.08. The molecule has 1 aromatic heterocycles. The molecule has 1 fully saturated rings. The molecule has 2 aromatic rings. The number of aromatic amines is 1. The molecule has 0 spiro atoms. The van der Waals surface area contributed by atoms with E-state index in [1.807, 2.05) is 71.0 Å². The highest BCUT2D eigenvalue weighted by Gasteiger charge is 2.46. The number of aromatic nitrogens is 1. The highest BCUT2D eigenvalue weighted by Crippen LogP contribution is 2.40. The van der Waals surface area contributed by atoms with Crippen molar-refractivity contribution in [3.05, 3.63) is 63.5 Å². The third kappa shape index (κ3) is 3.92. The second-order valence-corrected chi connectivity index (χ2v) is 8.44. The topological polar surface area (TPSA) is 76.6 Å². The summed E-state index contributed by atoms with van der Waals surface area (Å²) in [5.74, 6) is -1.28. The maximum atomic E-state index is 13.1. The number of aryl methyl sites for hydroxylation is 3. The Bertz CT molecular complexity index is 999. The number of aliphatic hydroxyl groups is 1. The van der Waals surface area contributed by atoms with E-state index in [-0.39, 0.29) is 11.3 Å². The van der Waals surface area contributed by atoms with Crippen molar-refractivity contribution in [3.8, 4) is 0 Å². The number of ketones is 1. The summed E-state index contributed by atoms with van der Waals surface area (Å²) in [7, 11) is 3.96. The second kappa shape index (κ2) is 8.48. The highest BCUT2D eigenvalue weighted by molar-refractivity contribution is 6.46. The fourth-order valence-corrected chi connectivity index (χ4v) is 4.16. The van der Waals surface area contributed by atoms with Gasteiger partial charge >= 0.3 is 0 Å². The van der Waals surface area contributed by atoms with Crippen LogP contribution in [0.3, 0.4) is 0 Å². The molecule has 160 valence electrons. The molecule has 30 heavy (non-hydrogen) atoms. The van der Waals surface area contributed by atoms with E-state index in [1.165, 1.54) is 0 Å². The van der Waals surface area contributed by atoms with Gasteiger partial charge in [-0.3, -0.25) is 9.59 Å². The number of carbonyl (C=O) groups excluding carboxylic acids is 2. The first kappa shape index (κ1) is 21.8. The number of carbonyl (C=O) groups is 2. The van der Waals surface area contributed by atoms with E-state index in [4.69, 9.17) is 0 Å². The number of rotatable bonds is 6. The van der Waals surface area contributed by atoms with Crippen molar-refractivity contribution in [3.63, 3.8) is 0 Å². The van der Waals surface area contributed by atoms with E-state index < -0.39 is 17.7 Å². The van der Waals surface area contributed by atoms with E-state index in [1.54, 1.807) is 4.90 Å². The molecular weight excluding hydrogens is 378 g/mol. The van der Waals surface area contributed by atoms with Crippen molar-refractivity contribution in [2.75, 3.05) is 27.2 Å². The zero-order valence-corrected chi connectivity index (χ0v) is 18.7. The summed E-state index contributed by atoms with van der Waals surface area (Å²) in [6.07, 6.45) is 0.740. The van der Waals surface area contributed by atoms with Crippen LogP contribution in [0.4, 0.5) is 0 Å². The summed E-state index contributed by atoms with van der Waals surface area (Å²) < 4.78 is 0. The van der Waals surface area contributed by atoms with Crippen LogP contribution in [0.1, 0.15) is 46.1 Å². The van der Waals surface area contributed by atoms with E-state index in [9.17, 15) is 14.7 Å². The van der Waals surface area contributed by atoms with E-state index in [0.29, 0.717) is 12.1 Å². The smallest absolute Gasteiger partial charge is 0.295 e. The van der Waals surface area contributed by atoms with Crippen LogP contribution in [-0.4, -0.2) is 58.8 Å². The molecule has 1 aliphatic rings. The van der Waals surface area contributed by atoms with Gasteiger partial charge in [-0.2, -0.15) is 0 Å². The van der Waals surface area contributed by atoms with Crippen LogP contribution in [0.5, 0.6) is 0 Å². The Morgan fingerprint density at radius 3 is 2.23 bits per heavy atom. The standard InChI is InChI=1S/C24H31N3O3/c1-14-8-10-18(11-9-14)21-20(22(28)19-15(2)16(3)25-17(19)4)23(29)24(30)27(21)13-7-12-26(5)6/h8-11,21,25,28H,7,12-13H2,1-6H3/b22-20+. The largest absolute Gasteiger partial charge is 0.507 e. The number of likely N-dealkylation sites (tertiary alicyclic amines) is 1. The van der Waals surface area contributed by atoms with Gasteiger partial charge in [-0.05, 0) is 65.9 Å². The predicted octanol–water partition coefficient (Wildman–Crippen LogP) is 3.62. The van der Waals surface area contributed by atoms with Crippen molar-refractivity contribution >= 4 is 17.4 Å². The van der Waals surface area contributed by atoms with Crippen molar-refractivity contribution in [1.82, 2.24) is 14.8 Å². The van der Waals surface area contributed by atoms with Crippen LogP contribution in [0.25, 0.3) is 5.76 Å². The molecule has 6 nitrogen and oxygen atoms in total.